The van der Waals surface area contributed by atoms with Gasteiger partial charge in [0.1, 0.15) is 5.82 Å². The molecule has 0 atom stereocenters. The quantitative estimate of drug-likeness (QED) is 0.798. The summed E-state index contributed by atoms with van der Waals surface area (Å²) in [5.74, 6) is 1.78. The van der Waals surface area contributed by atoms with Crippen molar-refractivity contribution in [2.24, 2.45) is 0 Å². The molecule has 0 spiro atoms. The van der Waals surface area contributed by atoms with Crippen molar-refractivity contribution in [3.63, 3.8) is 0 Å². The van der Waals surface area contributed by atoms with Crippen molar-refractivity contribution in [2.45, 2.75) is 6.42 Å². The number of nitrogens with zero attached hydrogens (tertiary/aromatic N) is 1. The molecule has 2 nitrogen and oxygen atoms in total. The van der Waals surface area contributed by atoms with Gasteiger partial charge in [0.25, 0.3) is 0 Å². The second-order valence-electron chi connectivity index (χ2n) is 2.82. The summed E-state index contributed by atoms with van der Waals surface area (Å²) in [6.07, 6.45) is 2.70. The summed E-state index contributed by atoms with van der Waals surface area (Å²) in [5.41, 5.74) is 1.03. The molecule has 1 N–H and O–H groups in total. The van der Waals surface area contributed by atoms with Gasteiger partial charge in [0.2, 0.25) is 0 Å². The van der Waals surface area contributed by atoms with Gasteiger partial charge in [-0.15, -0.1) is 11.3 Å². The minimum atomic E-state index is 0.797. The molecule has 0 unspecified atom stereocenters. The first-order valence-electron chi connectivity index (χ1n) is 4.20. The second kappa shape index (κ2) is 4.38. The minimum absolute atomic E-state index is 0.797. The van der Waals surface area contributed by atoms with E-state index in [2.05, 4.69) is 22.6 Å². The first kappa shape index (κ1) is 10.1. The molecule has 5 heteroatoms. The van der Waals surface area contributed by atoms with Gasteiger partial charge in [0, 0.05) is 6.42 Å². The summed E-state index contributed by atoms with van der Waals surface area (Å²) < 4.78 is 0.797. The number of rotatable bonds is 3. The normalized spacial score (nSPS) is 10.7. The Bertz CT molecular complexity index is 422. The van der Waals surface area contributed by atoms with Crippen LogP contribution in [0.1, 0.15) is 5.82 Å². The van der Waals surface area contributed by atoms with Crippen LogP contribution in [0.15, 0.2) is 18.3 Å². The van der Waals surface area contributed by atoms with E-state index >= 15 is 0 Å². The van der Waals surface area contributed by atoms with Crippen LogP contribution in [-0.2, 0) is 6.42 Å². The number of aryl methyl sites for hydroxylation is 1. The van der Waals surface area contributed by atoms with Crippen LogP contribution in [0.5, 0.6) is 0 Å². The lowest BCUT2D eigenvalue weighted by Gasteiger charge is -1.90. The number of aromatic amines is 1. The predicted molar refractivity (Wildman–Crippen MR) is 64.5 cm³/mol. The van der Waals surface area contributed by atoms with E-state index in [4.69, 9.17) is 11.6 Å². The van der Waals surface area contributed by atoms with Crippen LogP contribution in [0.2, 0.25) is 4.34 Å². The molecular formula is C9H9ClN2S2. The van der Waals surface area contributed by atoms with Crippen LogP contribution in [-0.4, -0.2) is 15.7 Å². The number of H-pyrrole nitrogens is 1. The van der Waals surface area contributed by atoms with Crippen LogP contribution < -0.4 is 0 Å². The summed E-state index contributed by atoms with van der Waals surface area (Å²) in [6.45, 7) is 0. The van der Waals surface area contributed by atoms with Crippen molar-refractivity contribution < 1.29 is 0 Å². The molecule has 0 aromatic carbocycles. The maximum absolute atomic E-state index is 5.85. The second-order valence-corrected chi connectivity index (χ2v) is 4.98. The average Bonchev–Trinajstić information content (AvgIpc) is 2.74. The van der Waals surface area contributed by atoms with E-state index in [-0.39, 0.29) is 0 Å². The lowest BCUT2D eigenvalue weighted by molar-refractivity contribution is 1.00. The lowest BCUT2D eigenvalue weighted by atomic mass is 10.4. The fraction of sp³-hybridized carbons (Fsp3) is 0.222. The molecule has 14 heavy (non-hydrogen) atoms. The molecule has 0 saturated carbocycles. The predicted octanol–water partition coefficient (Wildman–Crippen LogP) is 3.26. The summed E-state index contributed by atoms with van der Waals surface area (Å²) in [6, 6.07) is 3.88. The van der Waals surface area contributed by atoms with Crippen molar-refractivity contribution in [3.8, 4) is 10.6 Å². The zero-order valence-electron chi connectivity index (χ0n) is 7.33. The van der Waals surface area contributed by atoms with E-state index in [1.54, 1.807) is 11.3 Å². The number of thiophene rings is 1. The molecule has 0 radical (unpaired) electrons. The third kappa shape index (κ3) is 2.13. The van der Waals surface area contributed by atoms with Gasteiger partial charge < -0.3 is 4.98 Å². The topological polar surface area (TPSA) is 28.7 Å². The van der Waals surface area contributed by atoms with E-state index < -0.39 is 0 Å². The highest BCUT2D eigenvalue weighted by atomic mass is 35.5. The van der Waals surface area contributed by atoms with Crippen LogP contribution >= 0.6 is 35.6 Å². The average molecular weight is 245 g/mol. The van der Waals surface area contributed by atoms with E-state index in [1.807, 2.05) is 18.3 Å². The number of imidazole rings is 1. The highest BCUT2D eigenvalue weighted by Gasteiger charge is 2.04. The Morgan fingerprint density at radius 1 is 1.50 bits per heavy atom. The Hall–Kier alpha value is -0.450. The van der Waals surface area contributed by atoms with Gasteiger partial charge in [-0.3, -0.25) is 0 Å². The van der Waals surface area contributed by atoms with E-state index in [1.165, 1.54) is 0 Å². The van der Waals surface area contributed by atoms with Crippen molar-refractivity contribution in [2.75, 3.05) is 5.75 Å². The Morgan fingerprint density at radius 3 is 3.00 bits per heavy atom. The molecule has 0 aliphatic carbocycles. The van der Waals surface area contributed by atoms with Crippen LogP contribution in [0.4, 0.5) is 0 Å². The highest BCUT2D eigenvalue weighted by molar-refractivity contribution is 7.80. The fourth-order valence-corrected chi connectivity index (χ4v) is 2.40. The van der Waals surface area contributed by atoms with Gasteiger partial charge >= 0.3 is 0 Å². The molecular weight excluding hydrogens is 236 g/mol. The number of halogens is 1. The monoisotopic (exact) mass is 244 g/mol. The molecule has 0 amide bonds. The first-order chi connectivity index (χ1) is 6.79. The van der Waals surface area contributed by atoms with Crippen LogP contribution in [0.25, 0.3) is 10.6 Å². The zero-order valence-corrected chi connectivity index (χ0v) is 9.79. The van der Waals surface area contributed by atoms with Gasteiger partial charge in [-0.25, -0.2) is 4.98 Å². The van der Waals surface area contributed by atoms with Gasteiger partial charge in [-0.2, -0.15) is 12.6 Å². The Balaban J connectivity index is 2.24. The van der Waals surface area contributed by atoms with Gasteiger partial charge in [0.05, 0.1) is 21.1 Å². The smallest absolute Gasteiger partial charge is 0.107 e. The molecule has 0 bridgehead atoms. The molecule has 74 valence electrons. The third-order valence-corrected chi connectivity index (χ3v) is 3.30. The van der Waals surface area contributed by atoms with Crippen molar-refractivity contribution in [3.05, 3.63) is 28.5 Å². The maximum atomic E-state index is 5.85. The molecule has 2 heterocycles. The maximum Gasteiger partial charge on any atom is 0.107 e. The molecule has 0 saturated heterocycles. The number of aromatic nitrogens is 2. The molecule has 2 aromatic rings. The highest BCUT2D eigenvalue weighted by Crippen LogP contribution is 2.29. The van der Waals surface area contributed by atoms with E-state index in [0.29, 0.717) is 0 Å². The molecule has 0 aliphatic rings. The number of thiol groups is 1. The Morgan fingerprint density at radius 2 is 2.36 bits per heavy atom. The van der Waals surface area contributed by atoms with E-state index in [0.717, 1.165) is 32.9 Å². The molecule has 0 aliphatic heterocycles. The third-order valence-electron chi connectivity index (χ3n) is 1.82. The Labute approximate surface area is 96.7 Å². The molecule has 2 aromatic heterocycles. The number of hydrogen-bond donors (Lipinski definition) is 2. The SMILES string of the molecule is SCCc1ncc(-c2ccc(Cl)s2)[nH]1. The fourth-order valence-electron chi connectivity index (χ4n) is 1.18. The van der Waals surface area contributed by atoms with Gasteiger partial charge in [-0.05, 0) is 17.9 Å². The lowest BCUT2D eigenvalue weighted by Crippen LogP contribution is -1.87. The van der Waals surface area contributed by atoms with Crippen molar-refractivity contribution >= 4 is 35.6 Å². The van der Waals surface area contributed by atoms with Crippen LogP contribution in [0.3, 0.4) is 0 Å². The summed E-state index contributed by atoms with van der Waals surface area (Å²) in [4.78, 5) is 8.60. The van der Waals surface area contributed by atoms with Gasteiger partial charge in [-0.1, -0.05) is 11.6 Å². The molecule has 2 rings (SSSR count). The number of nitrogens with one attached hydrogen (secondary N) is 1. The van der Waals surface area contributed by atoms with E-state index in [9.17, 15) is 0 Å². The van der Waals surface area contributed by atoms with Crippen molar-refractivity contribution in [1.82, 2.24) is 9.97 Å². The molecule has 0 fully saturated rings. The van der Waals surface area contributed by atoms with Crippen LogP contribution in [0, 0.1) is 0 Å². The largest absolute Gasteiger partial charge is 0.341 e. The first-order valence-corrected chi connectivity index (χ1v) is 6.03. The summed E-state index contributed by atoms with van der Waals surface area (Å²) in [5, 5.41) is 0. The standard InChI is InChI=1S/C9H9ClN2S2/c10-8-2-1-7(14-8)6-5-11-9(12-6)3-4-13/h1-2,5,13H,3-4H2,(H,11,12). The van der Waals surface area contributed by atoms with Crippen molar-refractivity contribution in [1.29, 1.82) is 0 Å². The van der Waals surface area contributed by atoms with Gasteiger partial charge in [0.15, 0.2) is 0 Å². The summed E-state index contributed by atoms with van der Waals surface area (Å²) >= 11 is 11.6. The minimum Gasteiger partial charge on any atom is -0.341 e. The number of hydrogen-bond acceptors (Lipinski definition) is 3. The Kier molecular flexibility index (Phi) is 3.15. The summed E-state index contributed by atoms with van der Waals surface area (Å²) in [7, 11) is 0. The zero-order chi connectivity index (χ0) is 9.97.